The molecule has 0 saturated carbocycles. The Kier molecular flexibility index (Phi) is 5.91. The second-order valence-electron chi connectivity index (χ2n) is 6.55. The summed E-state index contributed by atoms with van der Waals surface area (Å²) in [5.74, 6) is 1.07. The van der Waals surface area contributed by atoms with E-state index in [0.717, 1.165) is 36.8 Å². The lowest BCUT2D eigenvalue weighted by molar-refractivity contribution is 0.0160. The summed E-state index contributed by atoms with van der Waals surface area (Å²) in [5, 5.41) is 7.47. The van der Waals surface area contributed by atoms with Crippen molar-refractivity contribution in [3.63, 3.8) is 0 Å². The van der Waals surface area contributed by atoms with Gasteiger partial charge in [-0.15, -0.1) is 0 Å². The van der Waals surface area contributed by atoms with Gasteiger partial charge in [-0.25, -0.2) is 0 Å². The van der Waals surface area contributed by atoms with E-state index in [0.29, 0.717) is 24.7 Å². The third-order valence-electron chi connectivity index (χ3n) is 4.97. The first kappa shape index (κ1) is 16.7. The van der Waals surface area contributed by atoms with Crippen LogP contribution in [0.1, 0.15) is 37.9 Å². The average molecular weight is 337 g/mol. The summed E-state index contributed by atoms with van der Waals surface area (Å²) < 4.78 is 10.6. The highest BCUT2D eigenvalue weighted by atomic mass is 32.1. The van der Waals surface area contributed by atoms with Crippen LogP contribution in [0.2, 0.25) is 0 Å². The molecule has 0 amide bonds. The molecule has 3 rings (SSSR count). The Morgan fingerprint density at radius 3 is 2.83 bits per heavy atom. The Morgan fingerprint density at radius 1 is 1.39 bits per heavy atom. The van der Waals surface area contributed by atoms with E-state index < -0.39 is 0 Å². The van der Waals surface area contributed by atoms with Crippen molar-refractivity contribution in [2.24, 2.45) is 0 Å². The van der Waals surface area contributed by atoms with Crippen LogP contribution >= 0.6 is 12.2 Å². The Morgan fingerprint density at radius 2 is 2.17 bits per heavy atom. The van der Waals surface area contributed by atoms with Crippen molar-refractivity contribution in [2.45, 2.75) is 56.8 Å². The molecule has 23 heavy (non-hydrogen) atoms. The van der Waals surface area contributed by atoms with Crippen LogP contribution in [-0.2, 0) is 11.3 Å². The van der Waals surface area contributed by atoms with E-state index >= 15 is 0 Å². The highest BCUT2D eigenvalue weighted by Crippen LogP contribution is 2.35. The summed E-state index contributed by atoms with van der Waals surface area (Å²) in [6.45, 7) is 2.37. The lowest BCUT2D eigenvalue weighted by Gasteiger charge is -2.48. The van der Waals surface area contributed by atoms with Crippen molar-refractivity contribution in [3.05, 3.63) is 24.2 Å². The average Bonchev–Trinajstić information content (AvgIpc) is 3.01. The van der Waals surface area contributed by atoms with Crippen LogP contribution in [0.25, 0.3) is 0 Å². The van der Waals surface area contributed by atoms with Gasteiger partial charge in [0.25, 0.3) is 0 Å². The van der Waals surface area contributed by atoms with Crippen LogP contribution in [0, 0.1) is 0 Å². The minimum Gasteiger partial charge on any atom is -0.468 e. The van der Waals surface area contributed by atoms with Crippen LogP contribution in [-0.4, -0.2) is 48.4 Å². The number of rotatable bonds is 6. The Labute approximate surface area is 143 Å². The molecule has 0 spiro atoms. The maximum Gasteiger partial charge on any atom is 0.166 e. The SMILES string of the molecule is COCCNC(=S)NC1C[C@H]2CCC[C@H](C1)N2Cc1ccco1. The number of furan rings is 1. The minimum atomic E-state index is 0.473. The molecular formula is C17H27N3O2S. The molecule has 2 bridgehead atoms. The summed E-state index contributed by atoms with van der Waals surface area (Å²) in [4.78, 5) is 2.64. The quantitative estimate of drug-likeness (QED) is 0.613. The number of nitrogens with zero attached hydrogens (tertiary/aromatic N) is 1. The molecule has 2 saturated heterocycles. The molecular weight excluding hydrogens is 310 g/mol. The second kappa shape index (κ2) is 8.13. The largest absolute Gasteiger partial charge is 0.468 e. The van der Waals surface area contributed by atoms with Gasteiger partial charge in [0.2, 0.25) is 0 Å². The van der Waals surface area contributed by atoms with Crippen molar-refractivity contribution >= 4 is 17.3 Å². The number of ether oxygens (including phenoxy) is 1. The molecule has 5 nitrogen and oxygen atoms in total. The van der Waals surface area contributed by atoms with Crippen molar-refractivity contribution in [3.8, 4) is 0 Å². The molecule has 2 N–H and O–H groups in total. The van der Waals surface area contributed by atoms with Gasteiger partial charge in [-0.2, -0.15) is 0 Å². The zero-order valence-corrected chi connectivity index (χ0v) is 14.6. The Hall–Kier alpha value is -1.11. The normalized spacial score (nSPS) is 27.6. The highest BCUT2D eigenvalue weighted by Gasteiger charge is 2.38. The number of fused-ring (bicyclic) bond motifs is 2. The van der Waals surface area contributed by atoms with Gasteiger partial charge in [0, 0.05) is 31.8 Å². The molecule has 6 heteroatoms. The first-order chi connectivity index (χ1) is 11.3. The van der Waals surface area contributed by atoms with Gasteiger partial charge in [-0.3, -0.25) is 4.90 Å². The fraction of sp³-hybridized carbons (Fsp3) is 0.706. The molecule has 128 valence electrons. The third kappa shape index (κ3) is 4.46. The molecule has 1 aromatic heterocycles. The van der Waals surface area contributed by atoms with Crippen LogP contribution in [0.15, 0.2) is 22.8 Å². The number of hydrogen-bond donors (Lipinski definition) is 2. The first-order valence-corrected chi connectivity index (χ1v) is 8.98. The van der Waals surface area contributed by atoms with Gasteiger partial charge < -0.3 is 19.8 Å². The van der Waals surface area contributed by atoms with Crippen molar-refractivity contribution in [1.82, 2.24) is 15.5 Å². The van der Waals surface area contributed by atoms with Gasteiger partial charge in [-0.1, -0.05) is 6.42 Å². The topological polar surface area (TPSA) is 49.7 Å². The molecule has 0 aliphatic carbocycles. The van der Waals surface area contributed by atoms with Crippen LogP contribution < -0.4 is 10.6 Å². The molecule has 2 atom stereocenters. The lowest BCUT2D eigenvalue weighted by Crippen LogP contribution is -2.57. The van der Waals surface area contributed by atoms with E-state index in [9.17, 15) is 0 Å². The van der Waals surface area contributed by atoms with Crippen LogP contribution in [0.5, 0.6) is 0 Å². The van der Waals surface area contributed by atoms with Crippen molar-refractivity contribution < 1.29 is 9.15 Å². The monoisotopic (exact) mass is 337 g/mol. The minimum absolute atomic E-state index is 0.473. The van der Waals surface area contributed by atoms with E-state index in [-0.39, 0.29) is 0 Å². The van der Waals surface area contributed by atoms with E-state index in [1.54, 1.807) is 13.4 Å². The number of hydrogen-bond acceptors (Lipinski definition) is 4. The molecule has 2 fully saturated rings. The lowest BCUT2D eigenvalue weighted by atomic mass is 9.81. The van der Waals surface area contributed by atoms with Gasteiger partial charge in [0.15, 0.2) is 5.11 Å². The van der Waals surface area contributed by atoms with Gasteiger partial charge >= 0.3 is 0 Å². The predicted molar refractivity (Wildman–Crippen MR) is 94.3 cm³/mol. The Balaban J connectivity index is 1.52. The van der Waals surface area contributed by atoms with Crippen molar-refractivity contribution in [1.29, 1.82) is 0 Å². The number of methoxy groups -OCH3 is 1. The zero-order valence-electron chi connectivity index (χ0n) is 13.8. The smallest absolute Gasteiger partial charge is 0.166 e. The molecule has 0 aromatic carbocycles. The van der Waals surface area contributed by atoms with Crippen LogP contribution in [0.4, 0.5) is 0 Å². The zero-order chi connectivity index (χ0) is 16.1. The number of thiocarbonyl (C=S) groups is 1. The third-order valence-corrected chi connectivity index (χ3v) is 5.23. The summed E-state index contributed by atoms with van der Waals surface area (Å²) in [7, 11) is 1.70. The molecule has 3 heterocycles. The van der Waals surface area contributed by atoms with Gasteiger partial charge in [0.05, 0.1) is 19.4 Å². The van der Waals surface area contributed by atoms with Gasteiger partial charge in [0.1, 0.15) is 5.76 Å². The predicted octanol–water partition coefficient (Wildman–Crippen LogP) is 2.28. The summed E-state index contributed by atoms with van der Waals surface area (Å²) in [5.41, 5.74) is 0. The van der Waals surface area contributed by atoms with Crippen LogP contribution in [0.3, 0.4) is 0 Å². The number of nitrogens with one attached hydrogen (secondary N) is 2. The van der Waals surface area contributed by atoms with E-state index in [1.165, 1.54) is 19.3 Å². The fourth-order valence-corrected chi connectivity index (χ4v) is 4.21. The fourth-order valence-electron chi connectivity index (χ4n) is 3.94. The summed E-state index contributed by atoms with van der Waals surface area (Å²) >= 11 is 5.40. The second-order valence-corrected chi connectivity index (χ2v) is 6.96. The molecule has 2 aliphatic rings. The highest BCUT2D eigenvalue weighted by molar-refractivity contribution is 7.80. The first-order valence-electron chi connectivity index (χ1n) is 8.57. The summed E-state index contributed by atoms with van der Waals surface area (Å²) in [6, 6.07) is 5.79. The Bertz CT molecular complexity index is 480. The standard InChI is InChI=1S/C17H27N3O2S/c1-21-9-7-18-17(23)19-13-10-14-4-2-5-15(11-13)20(14)12-16-6-3-8-22-16/h3,6,8,13-15H,2,4-5,7,9-12H2,1H3,(H2,18,19,23)/t14-,15-/m1/s1. The molecule has 0 unspecified atom stereocenters. The maximum atomic E-state index is 5.55. The van der Waals surface area contributed by atoms with E-state index in [2.05, 4.69) is 21.6 Å². The maximum absolute atomic E-state index is 5.55. The molecule has 1 aromatic rings. The van der Waals surface area contributed by atoms with Crippen molar-refractivity contribution in [2.75, 3.05) is 20.3 Å². The van der Waals surface area contributed by atoms with E-state index in [4.69, 9.17) is 21.4 Å². The number of piperidine rings is 2. The summed E-state index contributed by atoms with van der Waals surface area (Å²) in [6.07, 6.45) is 7.97. The van der Waals surface area contributed by atoms with E-state index in [1.807, 2.05) is 6.07 Å². The van der Waals surface area contributed by atoms with Gasteiger partial charge in [-0.05, 0) is 50.0 Å². The molecule has 2 aliphatic heterocycles. The molecule has 0 radical (unpaired) electrons.